The summed E-state index contributed by atoms with van der Waals surface area (Å²) in [6.45, 7) is 7.30. The van der Waals surface area contributed by atoms with Crippen molar-refractivity contribution in [3.8, 4) is 5.75 Å². The Morgan fingerprint density at radius 1 is 1.24 bits per heavy atom. The summed E-state index contributed by atoms with van der Waals surface area (Å²) in [4.78, 5) is 11.1. The topological polar surface area (TPSA) is 44.8 Å². The first-order chi connectivity index (χ1) is 11.7. The number of rotatable bonds is 3. The molecule has 1 heterocycles. The smallest absolute Gasteiger partial charge is 0.302 e. The van der Waals surface area contributed by atoms with Crippen LogP contribution < -0.4 is 4.74 Å². The molecule has 0 saturated heterocycles. The van der Waals surface area contributed by atoms with Crippen LogP contribution in [0.1, 0.15) is 49.1 Å². The first-order valence-electron chi connectivity index (χ1n) is 8.14. The number of ether oxygens (including phenoxy) is 3. The minimum absolute atomic E-state index is 0.155. The van der Waals surface area contributed by atoms with Crippen LogP contribution >= 0.6 is 11.6 Å². The molecule has 2 aromatic carbocycles. The minimum Gasteiger partial charge on any atom is -0.462 e. The van der Waals surface area contributed by atoms with E-state index in [1.54, 1.807) is 6.07 Å². The largest absolute Gasteiger partial charge is 0.462 e. The molecule has 0 radical (unpaired) electrons. The minimum atomic E-state index is -0.800. The summed E-state index contributed by atoms with van der Waals surface area (Å²) >= 11 is 6.53. The normalized spacial score (nSPS) is 18.2. The summed E-state index contributed by atoms with van der Waals surface area (Å²) in [6.07, 6.45) is -0.324. The van der Waals surface area contributed by atoms with E-state index in [1.165, 1.54) is 12.5 Å². The van der Waals surface area contributed by atoms with Crippen LogP contribution in [0.25, 0.3) is 0 Å². The Morgan fingerprint density at radius 2 is 1.92 bits per heavy atom. The van der Waals surface area contributed by atoms with Crippen LogP contribution in [0, 0.1) is 6.92 Å². The molecule has 0 bridgehead atoms. The van der Waals surface area contributed by atoms with Gasteiger partial charge in [-0.2, -0.15) is 0 Å². The molecule has 0 spiro atoms. The second kappa shape index (κ2) is 6.70. The first kappa shape index (κ1) is 17.8. The lowest BCUT2D eigenvalue weighted by Crippen LogP contribution is -2.38. The number of benzene rings is 2. The number of esters is 1. The van der Waals surface area contributed by atoms with E-state index in [1.807, 2.05) is 51.1 Å². The molecule has 0 fully saturated rings. The predicted octanol–water partition coefficient (Wildman–Crippen LogP) is 4.95. The molecule has 0 aliphatic carbocycles. The zero-order valence-electron chi connectivity index (χ0n) is 14.8. The van der Waals surface area contributed by atoms with E-state index >= 15 is 0 Å². The van der Waals surface area contributed by atoms with Gasteiger partial charge in [0.05, 0.1) is 5.02 Å². The fourth-order valence-electron chi connectivity index (χ4n) is 2.86. The fraction of sp³-hybridized carbons (Fsp3) is 0.350. The van der Waals surface area contributed by atoms with E-state index in [0.717, 1.165) is 16.7 Å². The van der Waals surface area contributed by atoms with E-state index in [2.05, 4.69) is 0 Å². The van der Waals surface area contributed by atoms with E-state index in [4.69, 9.17) is 25.8 Å². The summed E-state index contributed by atoms with van der Waals surface area (Å²) in [6, 6.07) is 11.8. The Labute approximate surface area is 152 Å². The SMILES string of the molecule is CC(=O)OCc1cc(Cl)c2c(c1)OC(C)(C)OC2c1ccc(C)cc1. The maximum Gasteiger partial charge on any atom is 0.302 e. The number of carbonyl (C=O) groups excluding carboxylic acids is 1. The van der Waals surface area contributed by atoms with Gasteiger partial charge in [0, 0.05) is 26.3 Å². The number of aryl methyl sites for hydroxylation is 1. The zero-order valence-corrected chi connectivity index (χ0v) is 15.5. The Kier molecular flexibility index (Phi) is 4.76. The molecule has 2 aromatic rings. The maximum absolute atomic E-state index is 11.1. The van der Waals surface area contributed by atoms with Gasteiger partial charge in [0.25, 0.3) is 0 Å². The van der Waals surface area contributed by atoms with Crippen LogP contribution in [0.4, 0.5) is 0 Å². The van der Waals surface area contributed by atoms with Crippen molar-refractivity contribution in [1.29, 1.82) is 0 Å². The monoisotopic (exact) mass is 360 g/mol. The second-order valence-electron chi connectivity index (χ2n) is 6.68. The first-order valence-corrected chi connectivity index (χ1v) is 8.52. The van der Waals surface area contributed by atoms with Gasteiger partial charge in [-0.05, 0) is 30.2 Å². The Morgan fingerprint density at radius 3 is 2.56 bits per heavy atom. The third-order valence-electron chi connectivity index (χ3n) is 3.99. The third kappa shape index (κ3) is 3.97. The highest BCUT2D eigenvalue weighted by Crippen LogP contribution is 2.46. The zero-order chi connectivity index (χ0) is 18.2. The second-order valence-corrected chi connectivity index (χ2v) is 7.09. The summed E-state index contributed by atoms with van der Waals surface area (Å²) < 4.78 is 17.2. The van der Waals surface area contributed by atoms with Gasteiger partial charge in [0.1, 0.15) is 18.5 Å². The van der Waals surface area contributed by atoms with Gasteiger partial charge in [0.15, 0.2) is 0 Å². The van der Waals surface area contributed by atoms with Gasteiger partial charge in [-0.3, -0.25) is 4.79 Å². The van der Waals surface area contributed by atoms with Crippen LogP contribution in [0.5, 0.6) is 5.75 Å². The van der Waals surface area contributed by atoms with Crippen molar-refractivity contribution in [2.24, 2.45) is 0 Å². The predicted molar refractivity (Wildman–Crippen MR) is 95.7 cm³/mol. The maximum atomic E-state index is 11.1. The molecular weight excluding hydrogens is 340 g/mol. The average molecular weight is 361 g/mol. The molecule has 25 heavy (non-hydrogen) atoms. The van der Waals surface area contributed by atoms with Gasteiger partial charge in [-0.15, -0.1) is 0 Å². The molecule has 0 amide bonds. The van der Waals surface area contributed by atoms with Gasteiger partial charge >= 0.3 is 5.97 Å². The molecule has 3 rings (SSSR count). The number of fused-ring (bicyclic) bond motifs is 1. The summed E-state index contributed by atoms with van der Waals surface area (Å²) in [5.41, 5.74) is 3.76. The molecule has 0 saturated carbocycles. The molecule has 0 N–H and O–H groups in total. The van der Waals surface area contributed by atoms with E-state index in [0.29, 0.717) is 10.8 Å². The quantitative estimate of drug-likeness (QED) is 0.727. The standard InChI is InChI=1S/C20H21ClO4/c1-12-5-7-15(8-6-12)19-18-16(21)9-14(11-23-13(2)22)10-17(18)24-20(3,4)25-19/h5-10,19H,11H2,1-4H3. The highest BCUT2D eigenvalue weighted by molar-refractivity contribution is 6.31. The van der Waals surface area contributed by atoms with Crippen LogP contribution in [-0.4, -0.2) is 11.8 Å². The lowest BCUT2D eigenvalue weighted by atomic mass is 9.96. The molecule has 0 aromatic heterocycles. The van der Waals surface area contributed by atoms with Crippen molar-refractivity contribution in [2.45, 2.75) is 46.2 Å². The average Bonchev–Trinajstić information content (AvgIpc) is 2.51. The van der Waals surface area contributed by atoms with E-state index < -0.39 is 5.79 Å². The van der Waals surface area contributed by atoms with Gasteiger partial charge in [0.2, 0.25) is 5.79 Å². The lowest BCUT2D eigenvalue weighted by Gasteiger charge is -2.38. The molecule has 1 unspecified atom stereocenters. The fourth-order valence-corrected chi connectivity index (χ4v) is 3.19. The molecular formula is C20H21ClO4. The number of halogens is 1. The Bertz CT molecular complexity index is 796. The van der Waals surface area contributed by atoms with Crippen molar-refractivity contribution >= 4 is 17.6 Å². The summed E-state index contributed by atoms with van der Waals surface area (Å²) in [5, 5.41) is 0.528. The highest BCUT2D eigenvalue weighted by Gasteiger charge is 2.37. The van der Waals surface area contributed by atoms with Crippen LogP contribution in [0.2, 0.25) is 5.02 Å². The molecule has 5 heteroatoms. The summed E-state index contributed by atoms with van der Waals surface area (Å²) in [5.74, 6) is -0.487. The van der Waals surface area contributed by atoms with E-state index in [-0.39, 0.29) is 18.7 Å². The molecule has 132 valence electrons. The van der Waals surface area contributed by atoms with Crippen LogP contribution in [0.15, 0.2) is 36.4 Å². The van der Waals surface area contributed by atoms with Gasteiger partial charge < -0.3 is 14.2 Å². The van der Waals surface area contributed by atoms with Crippen molar-refractivity contribution < 1.29 is 19.0 Å². The van der Waals surface area contributed by atoms with Crippen molar-refractivity contribution in [1.82, 2.24) is 0 Å². The third-order valence-corrected chi connectivity index (χ3v) is 4.31. The highest BCUT2D eigenvalue weighted by atomic mass is 35.5. The van der Waals surface area contributed by atoms with Crippen molar-refractivity contribution in [3.63, 3.8) is 0 Å². The molecule has 1 aliphatic heterocycles. The van der Waals surface area contributed by atoms with E-state index in [9.17, 15) is 4.79 Å². The van der Waals surface area contributed by atoms with Crippen LogP contribution in [0.3, 0.4) is 0 Å². The van der Waals surface area contributed by atoms with Gasteiger partial charge in [-0.25, -0.2) is 0 Å². The molecule has 4 nitrogen and oxygen atoms in total. The number of carbonyl (C=O) groups is 1. The molecule has 1 atom stereocenters. The van der Waals surface area contributed by atoms with Crippen LogP contribution in [-0.2, 0) is 20.9 Å². The number of hydrogen-bond donors (Lipinski definition) is 0. The van der Waals surface area contributed by atoms with Crippen molar-refractivity contribution in [3.05, 3.63) is 63.7 Å². The Balaban J connectivity index is 2.04. The number of hydrogen-bond acceptors (Lipinski definition) is 4. The Hall–Kier alpha value is -2.04. The van der Waals surface area contributed by atoms with Crippen molar-refractivity contribution in [2.75, 3.05) is 0 Å². The molecule has 1 aliphatic rings. The lowest BCUT2D eigenvalue weighted by molar-refractivity contribution is -0.196. The van der Waals surface area contributed by atoms with Gasteiger partial charge in [-0.1, -0.05) is 41.4 Å². The summed E-state index contributed by atoms with van der Waals surface area (Å²) in [7, 11) is 0.